The molecule has 0 bridgehead atoms. The SMILES string of the molecule is Cc1ccc(C)c(C(=O)OCC(=O)NCC(C)C)c1. The summed E-state index contributed by atoms with van der Waals surface area (Å²) < 4.78 is 5.01. The fourth-order valence-electron chi connectivity index (χ4n) is 1.53. The third-order valence-corrected chi connectivity index (χ3v) is 2.65. The van der Waals surface area contributed by atoms with Gasteiger partial charge in [-0.25, -0.2) is 4.79 Å². The van der Waals surface area contributed by atoms with E-state index >= 15 is 0 Å². The molecule has 1 N–H and O–H groups in total. The molecule has 0 radical (unpaired) electrons. The summed E-state index contributed by atoms with van der Waals surface area (Å²) >= 11 is 0. The minimum atomic E-state index is -0.458. The molecule has 0 spiro atoms. The molecule has 4 nitrogen and oxygen atoms in total. The molecule has 0 aromatic heterocycles. The Bertz CT molecular complexity index is 466. The summed E-state index contributed by atoms with van der Waals surface area (Å²) in [6.45, 7) is 8.10. The van der Waals surface area contributed by atoms with Crippen molar-refractivity contribution in [2.24, 2.45) is 5.92 Å². The molecule has 0 saturated heterocycles. The lowest BCUT2D eigenvalue weighted by molar-refractivity contribution is -0.124. The minimum absolute atomic E-state index is 0.237. The number of hydrogen-bond donors (Lipinski definition) is 1. The van der Waals surface area contributed by atoms with E-state index in [-0.39, 0.29) is 12.5 Å². The van der Waals surface area contributed by atoms with Gasteiger partial charge in [-0.3, -0.25) is 4.79 Å². The maximum absolute atomic E-state index is 11.9. The van der Waals surface area contributed by atoms with Crippen molar-refractivity contribution in [3.63, 3.8) is 0 Å². The highest BCUT2D eigenvalue weighted by Crippen LogP contribution is 2.11. The Labute approximate surface area is 114 Å². The van der Waals surface area contributed by atoms with Crippen LogP contribution in [0.15, 0.2) is 18.2 Å². The molecule has 0 aliphatic rings. The van der Waals surface area contributed by atoms with Gasteiger partial charge in [0, 0.05) is 6.54 Å². The van der Waals surface area contributed by atoms with Crippen LogP contribution in [0.4, 0.5) is 0 Å². The van der Waals surface area contributed by atoms with Crippen molar-refractivity contribution >= 4 is 11.9 Å². The normalized spacial score (nSPS) is 10.4. The molecule has 1 aromatic carbocycles. The monoisotopic (exact) mass is 263 g/mol. The van der Waals surface area contributed by atoms with Crippen LogP contribution >= 0.6 is 0 Å². The van der Waals surface area contributed by atoms with Gasteiger partial charge in [0.15, 0.2) is 6.61 Å². The maximum atomic E-state index is 11.9. The molecule has 1 amide bonds. The summed E-state index contributed by atoms with van der Waals surface area (Å²) in [6.07, 6.45) is 0. The summed E-state index contributed by atoms with van der Waals surface area (Å²) in [5.41, 5.74) is 2.34. The summed E-state index contributed by atoms with van der Waals surface area (Å²) in [5.74, 6) is -0.355. The first kappa shape index (κ1) is 15.2. The number of benzene rings is 1. The van der Waals surface area contributed by atoms with Crippen molar-refractivity contribution in [3.05, 3.63) is 34.9 Å². The van der Waals surface area contributed by atoms with Gasteiger partial charge >= 0.3 is 5.97 Å². The lowest BCUT2D eigenvalue weighted by Gasteiger charge is -2.09. The van der Waals surface area contributed by atoms with Crippen molar-refractivity contribution in [1.82, 2.24) is 5.32 Å². The van der Waals surface area contributed by atoms with Gasteiger partial charge in [0.25, 0.3) is 5.91 Å². The van der Waals surface area contributed by atoms with E-state index in [4.69, 9.17) is 4.74 Å². The number of nitrogens with one attached hydrogen (secondary N) is 1. The van der Waals surface area contributed by atoms with Crippen molar-refractivity contribution in [1.29, 1.82) is 0 Å². The summed E-state index contributed by atoms with van der Waals surface area (Å²) in [7, 11) is 0. The highest BCUT2D eigenvalue weighted by atomic mass is 16.5. The molecule has 0 heterocycles. The Balaban J connectivity index is 2.51. The quantitative estimate of drug-likeness (QED) is 0.829. The first-order valence-corrected chi connectivity index (χ1v) is 6.41. The summed E-state index contributed by atoms with van der Waals surface area (Å²) in [6, 6.07) is 5.57. The first-order chi connectivity index (χ1) is 8.90. The van der Waals surface area contributed by atoms with Crippen molar-refractivity contribution in [3.8, 4) is 0 Å². The topological polar surface area (TPSA) is 55.4 Å². The number of ether oxygens (including phenoxy) is 1. The van der Waals surface area contributed by atoms with E-state index < -0.39 is 5.97 Å². The van der Waals surface area contributed by atoms with E-state index in [0.29, 0.717) is 18.0 Å². The van der Waals surface area contributed by atoms with Crippen LogP contribution in [-0.4, -0.2) is 25.0 Å². The largest absolute Gasteiger partial charge is 0.452 e. The summed E-state index contributed by atoms with van der Waals surface area (Å²) in [5, 5.41) is 2.70. The lowest BCUT2D eigenvalue weighted by atomic mass is 10.1. The van der Waals surface area contributed by atoms with Crippen LogP contribution in [0.25, 0.3) is 0 Å². The Morgan fingerprint density at radius 3 is 2.58 bits per heavy atom. The summed E-state index contributed by atoms with van der Waals surface area (Å²) in [4.78, 5) is 23.3. The van der Waals surface area contributed by atoms with Gasteiger partial charge in [0.1, 0.15) is 0 Å². The molecular weight excluding hydrogens is 242 g/mol. The van der Waals surface area contributed by atoms with E-state index in [2.05, 4.69) is 5.32 Å². The van der Waals surface area contributed by atoms with Gasteiger partial charge in [-0.15, -0.1) is 0 Å². The number of carbonyl (C=O) groups excluding carboxylic acids is 2. The van der Waals surface area contributed by atoms with Gasteiger partial charge in [-0.05, 0) is 31.4 Å². The standard InChI is InChI=1S/C15H21NO3/c1-10(2)8-16-14(17)9-19-15(18)13-7-11(3)5-6-12(13)4/h5-7,10H,8-9H2,1-4H3,(H,16,17). The Hall–Kier alpha value is -1.84. The predicted molar refractivity (Wildman–Crippen MR) is 74.0 cm³/mol. The molecule has 0 atom stereocenters. The molecule has 1 rings (SSSR count). The van der Waals surface area contributed by atoms with E-state index in [9.17, 15) is 9.59 Å². The van der Waals surface area contributed by atoms with E-state index in [0.717, 1.165) is 11.1 Å². The number of rotatable bonds is 5. The molecule has 19 heavy (non-hydrogen) atoms. The predicted octanol–water partition coefficient (Wildman–Crippen LogP) is 2.23. The second-order valence-corrected chi connectivity index (χ2v) is 5.09. The first-order valence-electron chi connectivity index (χ1n) is 6.41. The van der Waals surface area contributed by atoms with Crippen LogP contribution in [0.1, 0.15) is 35.3 Å². The molecule has 4 heteroatoms. The maximum Gasteiger partial charge on any atom is 0.338 e. The number of amides is 1. The zero-order valence-electron chi connectivity index (χ0n) is 11.9. The zero-order chi connectivity index (χ0) is 14.4. The Kier molecular flexibility index (Phi) is 5.55. The molecule has 0 aliphatic heterocycles. The third-order valence-electron chi connectivity index (χ3n) is 2.65. The highest BCUT2D eigenvalue weighted by molar-refractivity contribution is 5.92. The molecule has 1 aromatic rings. The molecule has 0 aliphatic carbocycles. The minimum Gasteiger partial charge on any atom is -0.452 e. The Morgan fingerprint density at radius 1 is 1.26 bits per heavy atom. The molecule has 104 valence electrons. The van der Waals surface area contributed by atoms with Gasteiger partial charge < -0.3 is 10.1 Å². The average Bonchev–Trinajstić information content (AvgIpc) is 2.36. The van der Waals surface area contributed by atoms with Crippen LogP contribution in [-0.2, 0) is 9.53 Å². The zero-order valence-corrected chi connectivity index (χ0v) is 11.9. The van der Waals surface area contributed by atoms with Crippen molar-refractivity contribution < 1.29 is 14.3 Å². The van der Waals surface area contributed by atoms with Gasteiger partial charge in [0.2, 0.25) is 0 Å². The highest BCUT2D eigenvalue weighted by Gasteiger charge is 2.12. The van der Waals surface area contributed by atoms with Gasteiger partial charge in [0.05, 0.1) is 5.56 Å². The second-order valence-electron chi connectivity index (χ2n) is 5.09. The number of hydrogen-bond acceptors (Lipinski definition) is 3. The van der Waals surface area contributed by atoms with Crippen LogP contribution in [0, 0.1) is 19.8 Å². The Morgan fingerprint density at radius 2 is 1.95 bits per heavy atom. The van der Waals surface area contributed by atoms with Crippen LogP contribution < -0.4 is 5.32 Å². The van der Waals surface area contributed by atoms with E-state index in [1.54, 1.807) is 6.07 Å². The van der Waals surface area contributed by atoms with E-state index in [1.165, 1.54) is 0 Å². The van der Waals surface area contributed by atoms with Gasteiger partial charge in [-0.1, -0.05) is 31.5 Å². The third kappa shape index (κ3) is 5.12. The number of aryl methyl sites for hydroxylation is 2. The van der Waals surface area contributed by atoms with Crippen LogP contribution in [0.5, 0.6) is 0 Å². The number of carbonyl (C=O) groups is 2. The fourth-order valence-corrected chi connectivity index (χ4v) is 1.53. The fraction of sp³-hybridized carbons (Fsp3) is 0.467. The molecule has 0 fully saturated rings. The molecule has 0 saturated carbocycles. The molecule has 0 unspecified atom stereocenters. The van der Waals surface area contributed by atoms with E-state index in [1.807, 2.05) is 39.8 Å². The number of esters is 1. The van der Waals surface area contributed by atoms with Crippen molar-refractivity contribution in [2.75, 3.05) is 13.2 Å². The average molecular weight is 263 g/mol. The van der Waals surface area contributed by atoms with Crippen LogP contribution in [0.3, 0.4) is 0 Å². The van der Waals surface area contributed by atoms with Crippen molar-refractivity contribution in [2.45, 2.75) is 27.7 Å². The lowest BCUT2D eigenvalue weighted by Crippen LogP contribution is -2.31. The van der Waals surface area contributed by atoms with Crippen LogP contribution in [0.2, 0.25) is 0 Å². The second kappa shape index (κ2) is 6.92. The van der Waals surface area contributed by atoms with Gasteiger partial charge in [-0.2, -0.15) is 0 Å². The smallest absolute Gasteiger partial charge is 0.338 e. The molecular formula is C15H21NO3.